The fraction of sp³-hybridized carbons (Fsp3) is 0.700. The van der Waals surface area contributed by atoms with Crippen LogP contribution in [0.5, 0.6) is 5.75 Å². The van der Waals surface area contributed by atoms with E-state index in [-0.39, 0.29) is 17.1 Å². The summed E-state index contributed by atoms with van der Waals surface area (Å²) in [4.78, 5) is 0. The topological polar surface area (TPSA) is 18.5 Å². The summed E-state index contributed by atoms with van der Waals surface area (Å²) in [7, 11) is 0. The van der Waals surface area contributed by atoms with Crippen LogP contribution in [-0.2, 0) is 4.74 Å². The van der Waals surface area contributed by atoms with E-state index in [2.05, 4.69) is 65.8 Å². The highest BCUT2D eigenvalue weighted by atomic mass is 16.7. The fourth-order valence-corrected chi connectivity index (χ4v) is 3.53. The molecule has 0 heterocycles. The van der Waals surface area contributed by atoms with Crippen LogP contribution < -0.4 is 4.74 Å². The fourth-order valence-electron chi connectivity index (χ4n) is 3.53. The standard InChI is InChI=1S/C20H34O2/c1-9-20(7,8)18(19(4,5)6)16-11-13-17(14-12-16)22-15(3)21-10-2/h11-15,18H,9-10H2,1-8H3. The largest absolute Gasteiger partial charge is 0.465 e. The number of benzene rings is 1. The summed E-state index contributed by atoms with van der Waals surface area (Å²) in [6.45, 7) is 18.6. The monoisotopic (exact) mass is 306 g/mol. The van der Waals surface area contributed by atoms with E-state index in [1.165, 1.54) is 5.56 Å². The van der Waals surface area contributed by atoms with Crippen molar-refractivity contribution < 1.29 is 9.47 Å². The van der Waals surface area contributed by atoms with Gasteiger partial charge in [-0.2, -0.15) is 0 Å². The molecule has 0 aliphatic heterocycles. The van der Waals surface area contributed by atoms with Crippen molar-refractivity contribution in [2.45, 2.75) is 74.0 Å². The maximum Gasteiger partial charge on any atom is 0.196 e. The van der Waals surface area contributed by atoms with Crippen LogP contribution in [0, 0.1) is 10.8 Å². The minimum absolute atomic E-state index is 0.207. The van der Waals surface area contributed by atoms with Crippen molar-refractivity contribution in [3.05, 3.63) is 29.8 Å². The number of hydrogen-bond acceptors (Lipinski definition) is 2. The summed E-state index contributed by atoms with van der Waals surface area (Å²) in [5.41, 5.74) is 1.87. The van der Waals surface area contributed by atoms with Gasteiger partial charge < -0.3 is 9.47 Å². The molecule has 2 heteroatoms. The lowest BCUT2D eigenvalue weighted by Gasteiger charge is -2.43. The van der Waals surface area contributed by atoms with E-state index in [1.807, 2.05) is 13.8 Å². The predicted octanol–water partition coefficient (Wildman–Crippen LogP) is 6.01. The second kappa shape index (κ2) is 7.50. The molecule has 2 atom stereocenters. The second-order valence-corrected chi connectivity index (χ2v) is 7.85. The molecule has 0 amide bonds. The Hall–Kier alpha value is -1.02. The number of ether oxygens (including phenoxy) is 2. The summed E-state index contributed by atoms with van der Waals surface area (Å²) in [6.07, 6.45) is 0.954. The van der Waals surface area contributed by atoms with Crippen molar-refractivity contribution in [1.29, 1.82) is 0 Å². The molecule has 0 saturated carbocycles. The Morgan fingerprint density at radius 1 is 0.955 bits per heavy atom. The zero-order valence-electron chi connectivity index (χ0n) is 15.7. The van der Waals surface area contributed by atoms with Crippen molar-refractivity contribution in [2.75, 3.05) is 6.61 Å². The normalized spacial score (nSPS) is 15.5. The van der Waals surface area contributed by atoms with E-state index in [9.17, 15) is 0 Å². The van der Waals surface area contributed by atoms with Crippen LogP contribution in [-0.4, -0.2) is 12.9 Å². The molecule has 0 N–H and O–H groups in total. The van der Waals surface area contributed by atoms with Gasteiger partial charge in [-0.15, -0.1) is 0 Å². The van der Waals surface area contributed by atoms with Crippen LogP contribution in [0.15, 0.2) is 24.3 Å². The van der Waals surface area contributed by atoms with Gasteiger partial charge in [0.05, 0.1) is 0 Å². The van der Waals surface area contributed by atoms with Gasteiger partial charge in [0, 0.05) is 6.61 Å². The maximum atomic E-state index is 5.76. The molecule has 0 saturated heterocycles. The van der Waals surface area contributed by atoms with Crippen molar-refractivity contribution in [3.63, 3.8) is 0 Å². The first-order chi connectivity index (χ1) is 10.1. The molecule has 0 aliphatic carbocycles. The third-order valence-corrected chi connectivity index (χ3v) is 4.48. The zero-order chi connectivity index (χ0) is 17.0. The van der Waals surface area contributed by atoms with Crippen LogP contribution in [0.4, 0.5) is 0 Å². The molecule has 126 valence electrons. The average Bonchev–Trinajstić information content (AvgIpc) is 2.39. The van der Waals surface area contributed by atoms with Gasteiger partial charge in [-0.1, -0.05) is 60.1 Å². The van der Waals surface area contributed by atoms with Gasteiger partial charge in [-0.25, -0.2) is 0 Å². The highest BCUT2D eigenvalue weighted by Crippen LogP contribution is 2.49. The molecule has 2 unspecified atom stereocenters. The van der Waals surface area contributed by atoms with Gasteiger partial charge in [0.15, 0.2) is 6.29 Å². The van der Waals surface area contributed by atoms with Gasteiger partial charge in [-0.05, 0) is 48.3 Å². The first kappa shape index (κ1) is 19.0. The summed E-state index contributed by atoms with van der Waals surface area (Å²) in [5.74, 6) is 1.37. The summed E-state index contributed by atoms with van der Waals surface area (Å²) >= 11 is 0. The van der Waals surface area contributed by atoms with E-state index >= 15 is 0 Å². The summed E-state index contributed by atoms with van der Waals surface area (Å²) in [6, 6.07) is 8.55. The summed E-state index contributed by atoms with van der Waals surface area (Å²) < 4.78 is 11.2. The summed E-state index contributed by atoms with van der Waals surface area (Å²) in [5, 5.41) is 0. The number of rotatable bonds is 7. The Morgan fingerprint density at radius 3 is 1.91 bits per heavy atom. The molecule has 2 nitrogen and oxygen atoms in total. The van der Waals surface area contributed by atoms with E-state index in [1.54, 1.807) is 0 Å². The van der Waals surface area contributed by atoms with Crippen molar-refractivity contribution in [3.8, 4) is 5.75 Å². The van der Waals surface area contributed by atoms with E-state index in [0.717, 1.165) is 12.2 Å². The van der Waals surface area contributed by atoms with E-state index < -0.39 is 0 Å². The maximum absolute atomic E-state index is 5.76. The lowest BCUT2D eigenvalue weighted by molar-refractivity contribution is -0.0613. The average molecular weight is 306 g/mol. The zero-order valence-corrected chi connectivity index (χ0v) is 15.7. The van der Waals surface area contributed by atoms with Gasteiger partial charge in [-0.3, -0.25) is 0 Å². The molecule has 0 spiro atoms. The van der Waals surface area contributed by atoms with Crippen LogP contribution in [0.2, 0.25) is 0 Å². The first-order valence-corrected chi connectivity index (χ1v) is 8.50. The van der Waals surface area contributed by atoms with Crippen LogP contribution in [0.1, 0.15) is 73.3 Å². The molecule has 1 aromatic rings. The SMILES string of the molecule is CCOC(C)Oc1ccc(C(C(C)(C)C)C(C)(C)CC)cc1. The Kier molecular flexibility index (Phi) is 6.49. The molecule has 0 aromatic heterocycles. The molecule has 1 rings (SSSR count). The van der Waals surface area contributed by atoms with Gasteiger partial charge in [0.1, 0.15) is 5.75 Å². The quantitative estimate of drug-likeness (QED) is 0.574. The highest BCUT2D eigenvalue weighted by Gasteiger charge is 2.37. The van der Waals surface area contributed by atoms with Crippen molar-refractivity contribution in [2.24, 2.45) is 10.8 Å². The second-order valence-electron chi connectivity index (χ2n) is 7.85. The minimum atomic E-state index is -0.207. The minimum Gasteiger partial charge on any atom is -0.465 e. The Morgan fingerprint density at radius 2 is 1.50 bits per heavy atom. The van der Waals surface area contributed by atoms with Crippen molar-refractivity contribution in [1.82, 2.24) is 0 Å². The van der Waals surface area contributed by atoms with Gasteiger partial charge >= 0.3 is 0 Å². The Bertz CT molecular complexity index is 440. The van der Waals surface area contributed by atoms with Crippen LogP contribution in [0.25, 0.3) is 0 Å². The molecule has 1 aromatic carbocycles. The van der Waals surface area contributed by atoms with E-state index in [4.69, 9.17) is 9.47 Å². The van der Waals surface area contributed by atoms with E-state index in [0.29, 0.717) is 12.5 Å². The predicted molar refractivity (Wildman–Crippen MR) is 94.4 cm³/mol. The molecular weight excluding hydrogens is 272 g/mol. The molecule has 0 bridgehead atoms. The van der Waals surface area contributed by atoms with Crippen molar-refractivity contribution >= 4 is 0 Å². The lowest BCUT2D eigenvalue weighted by atomic mass is 9.62. The molecule has 0 radical (unpaired) electrons. The molecule has 0 aliphatic rings. The smallest absolute Gasteiger partial charge is 0.196 e. The lowest BCUT2D eigenvalue weighted by Crippen LogP contribution is -2.32. The molecule has 0 fully saturated rings. The third kappa shape index (κ3) is 5.01. The number of hydrogen-bond donors (Lipinski definition) is 0. The van der Waals surface area contributed by atoms with Crippen LogP contribution >= 0.6 is 0 Å². The van der Waals surface area contributed by atoms with Gasteiger partial charge in [0.2, 0.25) is 0 Å². The third-order valence-electron chi connectivity index (χ3n) is 4.48. The highest BCUT2D eigenvalue weighted by molar-refractivity contribution is 5.31. The van der Waals surface area contributed by atoms with Gasteiger partial charge in [0.25, 0.3) is 0 Å². The molecular formula is C20H34O2. The Balaban J connectivity index is 2.99. The first-order valence-electron chi connectivity index (χ1n) is 8.50. The molecule has 22 heavy (non-hydrogen) atoms. The Labute approximate surface area is 137 Å². The van der Waals surface area contributed by atoms with Crippen LogP contribution in [0.3, 0.4) is 0 Å².